The summed E-state index contributed by atoms with van der Waals surface area (Å²) in [6.45, 7) is 12.1. The summed E-state index contributed by atoms with van der Waals surface area (Å²) in [4.78, 5) is 54.2. The fourth-order valence-corrected chi connectivity index (χ4v) is 5.89. The number of nitrogens with zero attached hydrogens (tertiary/aromatic N) is 2. The Balaban J connectivity index is 1.49. The summed E-state index contributed by atoms with van der Waals surface area (Å²) in [5.41, 5.74) is -0.225. The van der Waals surface area contributed by atoms with Crippen molar-refractivity contribution in [3.8, 4) is 11.8 Å². The molecule has 0 aromatic heterocycles. The molecule has 6 atom stereocenters. The molecule has 2 heterocycles. The lowest BCUT2D eigenvalue weighted by Crippen LogP contribution is -2.60. The lowest BCUT2D eigenvalue weighted by molar-refractivity contribution is -0.146. The quantitative estimate of drug-likeness (QED) is 0.422. The molecule has 11 nitrogen and oxygen atoms in total. The molecule has 3 N–H and O–H groups in total. The number of likely N-dealkylation sites (tertiary alicyclic amines) is 1. The molecule has 1 aromatic rings. The number of carbonyl (C=O) groups is 4. The third-order valence-corrected chi connectivity index (χ3v) is 8.24. The SMILES string of the molecule is CCOCC(=O)N[C@H](C(=O)N1C[C@H]2[C@@H]([C@H]1C(=O)N[C@H](C#N)C[C@@H]1Oc3ccccc3NC1=O)C2(C)C)C(C)(C)C. The van der Waals surface area contributed by atoms with Gasteiger partial charge in [-0.2, -0.15) is 5.26 Å². The summed E-state index contributed by atoms with van der Waals surface area (Å²) < 4.78 is 11.0. The minimum atomic E-state index is -1.02. The van der Waals surface area contributed by atoms with E-state index in [0.717, 1.165) is 0 Å². The van der Waals surface area contributed by atoms with Gasteiger partial charge in [-0.1, -0.05) is 46.8 Å². The summed E-state index contributed by atoms with van der Waals surface area (Å²) in [6.07, 6.45) is -1.02. The van der Waals surface area contributed by atoms with Crippen LogP contribution in [-0.2, 0) is 23.9 Å². The van der Waals surface area contributed by atoms with Crippen molar-refractivity contribution in [2.24, 2.45) is 22.7 Å². The zero-order valence-corrected chi connectivity index (χ0v) is 23.9. The number of nitriles is 1. The lowest BCUT2D eigenvalue weighted by Gasteiger charge is -2.37. The Hall–Kier alpha value is -3.65. The number of benzene rings is 1. The topological polar surface area (TPSA) is 150 Å². The van der Waals surface area contributed by atoms with Crippen LogP contribution in [0.3, 0.4) is 0 Å². The first-order valence-corrected chi connectivity index (χ1v) is 13.7. The fraction of sp³-hybridized carbons (Fsp3) is 0.621. The minimum absolute atomic E-state index is 0.0569. The highest BCUT2D eigenvalue weighted by Crippen LogP contribution is 2.65. The molecule has 3 aliphatic rings. The van der Waals surface area contributed by atoms with Gasteiger partial charge in [0, 0.05) is 19.6 Å². The van der Waals surface area contributed by atoms with Gasteiger partial charge < -0.3 is 30.3 Å². The van der Waals surface area contributed by atoms with Gasteiger partial charge in [0.05, 0.1) is 11.8 Å². The highest BCUT2D eigenvalue weighted by molar-refractivity contribution is 5.98. The molecule has 0 spiro atoms. The molecule has 0 bridgehead atoms. The van der Waals surface area contributed by atoms with E-state index in [0.29, 0.717) is 24.6 Å². The van der Waals surface area contributed by atoms with E-state index in [4.69, 9.17) is 9.47 Å². The molecule has 1 aromatic carbocycles. The van der Waals surface area contributed by atoms with E-state index in [-0.39, 0.29) is 36.2 Å². The van der Waals surface area contributed by atoms with E-state index in [1.54, 1.807) is 36.1 Å². The second kappa shape index (κ2) is 11.1. The number of fused-ring (bicyclic) bond motifs is 2. The van der Waals surface area contributed by atoms with Crippen molar-refractivity contribution in [3.63, 3.8) is 0 Å². The number of hydrogen-bond donors (Lipinski definition) is 3. The molecule has 1 saturated carbocycles. The van der Waals surface area contributed by atoms with Crippen LogP contribution < -0.4 is 20.7 Å². The van der Waals surface area contributed by atoms with Crippen LogP contribution in [0.25, 0.3) is 0 Å². The smallest absolute Gasteiger partial charge is 0.265 e. The molecule has 216 valence electrons. The number of nitrogens with one attached hydrogen (secondary N) is 3. The van der Waals surface area contributed by atoms with Gasteiger partial charge >= 0.3 is 0 Å². The van der Waals surface area contributed by atoms with Crippen LogP contribution in [-0.4, -0.2) is 72.5 Å². The number of ether oxygens (including phenoxy) is 2. The molecule has 2 aliphatic heterocycles. The Morgan fingerprint density at radius 2 is 1.95 bits per heavy atom. The fourth-order valence-electron chi connectivity index (χ4n) is 5.89. The first-order valence-electron chi connectivity index (χ1n) is 13.7. The lowest BCUT2D eigenvalue weighted by atomic mass is 9.85. The molecule has 4 rings (SSSR count). The van der Waals surface area contributed by atoms with Gasteiger partial charge in [0.2, 0.25) is 17.7 Å². The average molecular weight is 554 g/mol. The van der Waals surface area contributed by atoms with E-state index in [1.165, 1.54) is 0 Å². The zero-order chi connectivity index (χ0) is 29.4. The first-order chi connectivity index (χ1) is 18.8. The summed E-state index contributed by atoms with van der Waals surface area (Å²) >= 11 is 0. The molecule has 1 aliphatic carbocycles. The number of piperidine rings is 1. The maximum Gasteiger partial charge on any atom is 0.265 e. The van der Waals surface area contributed by atoms with Gasteiger partial charge in [0.15, 0.2) is 6.10 Å². The van der Waals surface area contributed by atoms with E-state index in [1.807, 2.05) is 20.8 Å². The molecule has 2 fully saturated rings. The summed E-state index contributed by atoms with van der Waals surface area (Å²) in [7, 11) is 0. The largest absolute Gasteiger partial charge is 0.478 e. The monoisotopic (exact) mass is 553 g/mol. The predicted octanol–water partition coefficient (Wildman–Crippen LogP) is 1.83. The number of amides is 4. The van der Waals surface area contributed by atoms with Crippen LogP contribution in [0, 0.1) is 34.0 Å². The van der Waals surface area contributed by atoms with Gasteiger partial charge in [0.25, 0.3) is 5.91 Å². The van der Waals surface area contributed by atoms with E-state index < -0.39 is 47.4 Å². The van der Waals surface area contributed by atoms with Crippen LogP contribution >= 0.6 is 0 Å². The van der Waals surface area contributed by atoms with Gasteiger partial charge in [-0.3, -0.25) is 19.2 Å². The van der Waals surface area contributed by atoms with Gasteiger partial charge in [-0.05, 0) is 41.7 Å². The molecular formula is C29H39N5O6. The van der Waals surface area contributed by atoms with E-state index >= 15 is 0 Å². The standard InChI is InChI=1S/C29H39N5O6/c1-7-39-15-21(35)33-24(28(2,3)4)27(38)34-14-17-22(29(17,5)6)23(34)26(37)31-16(13-30)12-20-25(36)32-18-10-8-9-11-19(18)40-20/h8-11,16-17,20,22-24H,7,12,14-15H2,1-6H3,(H,31,37)(H,32,36)(H,33,35)/t16-,17-,20-,22-,23-,24+/m0/s1. The Labute approximate surface area is 234 Å². The highest BCUT2D eigenvalue weighted by Gasteiger charge is 2.69. The van der Waals surface area contributed by atoms with Gasteiger partial charge in [-0.25, -0.2) is 0 Å². The van der Waals surface area contributed by atoms with Crippen molar-refractivity contribution in [3.05, 3.63) is 24.3 Å². The third-order valence-electron chi connectivity index (χ3n) is 8.24. The number of hydrogen-bond acceptors (Lipinski definition) is 7. The predicted molar refractivity (Wildman–Crippen MR) is 146 cm³/mol. The van der Waals surface area contributed by atoms with Crippen LogP contribution in [0.2, 0.25) is 0 Å². The minimum Gasteiger partial charge on any atom is -0.478 e. The van der Waals surface area contributed by atoms with Crippen LogP contribution in [0.4, 0.5) is 5.69 Å². The second-order valence-corrected chi connectivity index (χ2v) is 12.4. The molecule has 11 heteroatoms. The number of para-hydroxylation sites is 2. The Kier molecular flexibility index (Phi) is 8.13. The van der Waals surface area contributed by atoms with Crippen LogP contribution in [0.5, 0.6) is 5.75 Å². The molecule has 0 unspecified atom stereocenters. The molecule has 4 amide bonds. The van der Waals surface area contributed by atoms with Crippen LogP contribution in [0.15, 0.2) is 24.3 Å². The maximum atomic E-state index is 13.9. The molecular weight excluding hydrogens is 514 g/mol. The number of rotatable bonds is 9. The first kappa shape index (κ1) is 29.3. The van der Waals surface area contributed by atoms with Crippen molar-refractivity contribution in [1.82, 2.24) is 15.5 Å². The molecule has 0 radical (unpaired) electrons. The van der Waals surface area contributed by atoms with Gasteiger partial charge in [-0.15, -0.1) is 0 Å². The zero-order valence-electron chi connectivity index (χ0n) is 23.9. The van der Waals surface area contributed by atoms with Crippen molar-refractivity contribution in [2.75, 3.05) is 25.1 Å². The maximum absolute atomic E-state index is 13.9. The average Bonchev–Trinajstić information content (AvgIpc) is 3.22. The Bertz CT molecular complexity index is 1220. The molecule has 1 saturated heterocycles. The van der Waals surface area contributed by atoms with Crippen molar-refractivity contribution < 1.29 is 28.7 Å². The third kappa shape index (κ3) is 5.77. The van der Waals surface area contributed by atoms with Crippen LogP contribution in [0.1, 0.15) is 48.0 Å². The normalized spacial score (nSPS) is 25.7. The Morgan fingerprint density at radius 3 is 2.60 bits per heavy atom. The highest BCUT2D eigenvalue weighted by atomic mass is 16.5. The Morgan fingerprint density at radius 1 is 1.25 bits per heavy atom. The second-order valence-electron chi connectivity index (χ2n) is 12.4. The number of anilines is 1. The van der Waals surface area contributed by atoms with Gasteiger partial charge in [0.1, 0.15) is 30.5 Å². The van der Waals surface area contributed by atoms with E-state index in [9.17, 15) is 24.4 Å². The number of carbonyl (C=O) groups excluding carboxylic acids is 4. The summed E-state index contributed by atoms with van der Waals surface area (Å²) in [5.74, 6) is -1.08. The molecule has 40 heavy (non-hydrogen) atoms. The van der Waals surface area contributed by atoms with E-state index in [2.05, 4.69) is 35.9 Å². The summed E-state index contributed by atoms with van der Waals surface area (Å²) in [5, 5.41) is 18.2. The van der Waals surface area contributed by atoms with Crippen molar-refractivity contribution >= 4 is 29.3 Å². The van der Waals surface area contributed by atoms with Crippen molar-refractivity contribution in [1.29, 1.82) is 5.26 Å². The summed E-state index contributed by atoms with van der Waals surface area (Å²) in [6, 6.07) is 6.36. The van der Waals surface area contributed by atoms with Crippen molar-refractivity contribution in [2.45, 2.75) is 72.2 Å².